The zero-order valence-corrected chi connectivity index (χ0v) is 11.1. The lowest BCUT2D eigenvalue weighted by Gasteiger charge is -2.08. The van der Waals surface area contributed by atoms with Gasteiger partial charge in [-0.15, -0.1) is 0 Å². The maximum absolute atomic E-state index is 5.69. The highest BCUT2D eigenvalue weighted by molar-refractivity contribution is 9.10. The molecule has 0 saturated heterocycles. The van der Waals surface area contributed by atoms with Gasteiger partial charge in [0.15, 0.2) is 0 Å². The largest absolute Gasteiger partial charge is 0.488 e. The van der Waals surface area contributed by atoms with Gasteiger partial charge >= 0.3 is 0 Å². The Labute approximate surface area is 109 Å². The number of nitrogens with zero attached hydrogens (tertiary/aromatic N) is 2. The van der Waals surface area contributed by atoms with Crippen LogP contribution in [0.4, 0.5) is 0 Å². The highest BCUT2D eigenvalue weighted by Gasteiger charge is 2.03. The molecule has 0 aliphatic heterocycles. The summed E-state index contributed by atoms with van der Waals surface area (Å²) in [6.07, 6.45) is 3.73. The molecule has 0 amide bonds. The summed E-state index contributed by atoms with van der Waals surface area (Å²) in [4.78, 5) is 0. The first kappa shape index (κ1) is 12.1. The van der Waals surface area contributed by atoms with E-state index in [1.165, 1.54) is 0 Å². The second-order valence-electron chi connectivity index (χ2n) is 3.78. The van der Waals surface area contributed by atoms with Crippen LogP contribution < -0.4 is 10.5 Å². The van der Waals surface area contributed by atoms with Crippen molar-refractivity contribution >= 4 is 15.9 Å². The molecule has 2 N–H and O–H groups in total. The minimum absolute atomic E-state index is 0.508. The van der Waals surface area contributed by atoms with Gasteiger partial charge in [0, 0.05) is 25.4 Å². The lowest BCUT2D eigenvalue weighted by atomic mass is 10.2. The first-order valence-corrected chi connectivity index (χ1v) is 6.07. The number of hydrogen-bond acceptors (Lipinski definition) is 3. The van der Waals surface area contributed by atoms with Crippen LogP contribution in [0, 0.1) is 0 Å². The third kappa shape index (κ3) is 3.08. The average molecular weight is 296 g/mol. The Balaban J connectivity index is 2.04. The van der Waals surface area contributed by atoms with Gasteiger partial charge in [-0.25, -0.2) is 0 Å². The Hall–Kier alpha value is -1.33. The van der Waals surface area contributed by atoms with Gasteiger partial charge in [-0.3, -0.25) is 4.68 Å². The predicted octanol–water partition coefficient (Wildman–Crippen LogP) is 2.22. The molecule has 1 aromatic carbocycles. The van der Waals surface area contributed by atoms with Gasteiger partial charge in [0.25, 0.3) is 0 Å². The summed E-state index contributed by atoms with van der Waals surface area (Å²) >= 11 is 3.47. The molecule has 1 heterocycles. The van der Waals surface area contributed by atoms with Crippen molar-refractivity contribution < 1.29 is 4.74 Å². The maximum Gasteiger partial charge on any atom is 0.134 e. The molecule has 0 spiro atoms. The van der Waals surface area contributed by atoms with Crippen molar-refractivity contribution in [1.29, 1.82) is 0 Å². The van der Waals surface area contributed by atoms with Crippen molar-refractivity contribution in [2.24, 2.45) is 12.8 Å². The van der Waals surface area contributed by atoms with Gasteiger partial charge < -0.3 is 10.5 Å². The highest BCUT2D eigenvalue weighted by Crippen LogP contribution is 2.26. The van der Waals surface area contributed by atoms with E-state index in [1.54, 1.807) is 10.9 Å². The van der Waals surface area contributed by atoms with Crippen molar-refractivity contribution in [2.45, 2.75) is 13.2 Å². The summed E-state index contributed by atoms with van der Waals surface area (Å²) in [7, 11) is 1.88. The number of aryl methyl sites for hydroxylation is 1. The third-order valence-corrected chi connectivity index (χ3v) is 3.00. The molecule has 0 atom stereocenters. The topological polar surface area (TPSA) is 53.1 Å². The Morgan fingerprint density at radius 3 is 2.82 bits per heavy atom. The number of hydrogen-bond donors (Lipinski definition) is 1. The molecule has 4 nitrogen and oxygen atoms in total. The van der Waals surface area contributed by atoms with Crippen LogP contribution in [0.5, 0.6) is 5.75 Å². The lowest BCUT2D eigenvalue weighted by Crippen LogP contribution is -1.98. The van der Waals surface area contributed by atoms with Crippen LogP contribution >= 0.6 is 15.9 Å². The van der Waals surface area contributed by atoms with Crippen LogP contribution in [0.15, 0.2) is 35.1 Å². The van der Waals surface area contributed by atoms with E-state index in [0.717, 1.165) is 21.3 Å². The fraction of sp³-hybridized carbons (Fsp3) is 0.250. The van der Waals surface area contributed by atoms with E-state index in [9.17, 15) is 0 Å². The standard InChI is InChI=1S/C12H14BrN3O/c1-16-7-10(6-15-16)8-17-12-3-2-9(5-14)4-11(12)13/h2-4,6-7H,5,8,14H2,1H3. The molecule has 5 heteroatoms. The lowest BCUT2D eigenvalue weighted by molar-refractivity contribution is 0.304. The van der Waals surface area contributed by atoms with Crippen LogP contribution in [0.3, 0.4) is 0 Å². The SMILES string of the molecule is Cn1cc(COc2ccc(CN)cc2Br)cn1. The highest BCUT2D eigenvalue weighted by atomic mass is 79.9. The number of nitrogens with two attached hydrogens (primary N) is 1. The molecule has 0 aliphatic rings. The summed E-state index contributed by atoms with van der Waals surface area (Å²) in [6.45, 7) is 1.04. The normalized spacial score (nSPS) is 10.5. The second-order valence-corrected chi connectivity index (χ2v) is 4.63. The van der Waals surface area contributed by atoms with Gasteiger partial charge in [-0.05, 0) is 33.6 Å². The van der Waals surface area contributed by atoms with E-state index in [0.29, 0.717) is 13.2 Å². The Morgan fingerprint density at radius 2 is 2.24 bits per heavy atom. The molecule has 0 unspecified atom stereocenters. The number of halogens is 1. The van der Waals surface area contributed by atoms with Crippen LogP contribution in [0.2, 0.25) is 0 Å². The molecular weight excluding hydrogens is 282 g/mol. The molecule has 2 rings (SSSR count). The van der Waals surface area contributed by atoms with Crippen molar-refractivity contribution in [1.82, 2.24) is 9.78 Å². The van der Waals surface area contributed by atoms with Gasteiger partial charge in [0.05, 0.1) is 10.7 Å². The molecule has 0 bridgehead atoms. The van der Waals surface area contributed by atoms with Crippen LogP contribution in [0.1, 0.15) is 11.1 Å². The van der Waals surface area contributed by atoms with Crippen LogP contribution in [0.25, 0.3) is 0 Å². The summed E-state index contributed by atoms with van der Waals surface area (Å²) in [5.41, 5.74) is 7.68. The van der Waals surface area contributed by atoms with E-state index < -0.39 is 0 Å². The average Bonchev–Trinajstić information content (AvgIpc) is 2.73. The van der Waals surface area contributed by atoms with Gasteiger partial charge in [-0.2, -0.15) is 5.10 Å². The Kier molecular flexibility index (Phi) is 3.81. The van der Waals surface area contributed by atoms with Crippen LogP contribution in [-0.2, 0) is 20.2 Å². The van der Waals surface area contributed by atoms with Crippen molar-refractivity contribution in [3.05, 3.63) is 46.2 Å². The first-order valence-electron chi connectivity index (χ1n) is 5.28. The first-order chi connectivity index (χ1) is 8.19. The smallest absolute Gasteiger partial charge is 0.134 e. The van der Waals surface area contributed by atoms with Crippen molar-refractivity contribution in [3.8, 4) is 5.75 Å². The third-order valence-electron chi connectivity index (χ3n) is 2.38. The van der Waals surface area contributed by atoms with Gasteiger partial charge in [0.1, 0.15) is 12.4 Å². The summed E-state index contributed by atoms with van der Waals surface area (Å²) in [5.74, 6) is 0.811. The fourth-order valence-corrected chi connectivity index (χ4v) is 2.04. The molecule has 0 radical (unpaired) electrons. The van der Waals surface area contributed by atoms with E-state index in [1.807, 2.05) is 31.4 Å². The van der Waals surface area contributed by atoms with Crippen molar-refractivity contribution in [3.63, 3.8) is 0 Å². The zero-order chi connectivity index (χ0) is 12.3. The molecule has 0 aliphatic carbocycles. The Morgan fingerprint density at radius 1 is 1.41 bits per heavy atom. The number of aromatic nitrogens is 2. The summed E-state index contributed by atoms with van der Waals surface area (Å²) in [6, 6.07) is 5.85. The van der Waals surface area contributed by atoms with Crippen LogP contribution in [-0.4, -0.2) is 9.78 Å². The zero-order valence-electron chi connectivity index (χ0n) is 9.56. The number of benzene rings is 1. The van der Waals surface area contributed by atoms with E-state index >= 15 is 0 Å². The van der Waals surface area contributed by atoms with E-state index in [2.05, 4.69) is 21.0 Å². The quantitative estimate of drug-likeness (QED) is 0.941. The predicted molar refractivity (Wildman–Crippen MR) is 69.6 cm³/mol. The number of ether oxygens (including phenoxy) is 1. The van der Waals surface area contributed by atoms with Crippen molar-refractivity contribution in [2.75, 3.05) is 0 Å². The summed E-state index contributed by atoms with van der Waals surface area (Å²) < 4.78 is 8.37. The minimum Gasteiger partial charge on any atom is -0.488 e. The summed E-state index contributed by atoms with van der Waals surface area (Å²) in [5, 5.41) is 4.09. The van der Waals surface area contributed by atoms with Gasteiger partial charge in [0.2, 0.25) is 0 Å². The second kappa shape index (κ2) is 5.33. The van der Waals surface area contributed by atoms with Gasteiger partial charge in [-0.1, -0.05) is 6.07 Å². The molecule has 1 aromatic heterocycles. The maximum atomic E-state index is 5.69. The number of rotatable bonds is 4. The molecule has 0 fully saturated rings. The monoisotopic (exact) mass is 295 g/mol. The molecule has 90 valence electrons. The fourth-order valence-electron chi connectivity index (χ4n) is 1.50. The van der Waals surface area contributed by atoms with E-state index in [4.69, 9.17) is 10.5 Å². The van der Waals surface area contributed by atoms with E-state index in [-0.39, 0.29) is 0 Å². The molecule has 2 aromatic rings. The molecule has 0 saturated carbocycles. The Bertz CT molecular complexity index is 510. The minimum atomic E-state index is 0.508. The molecule has 17 heavy (non-hydrogen) atoms. The molecular formula is C12H14BrN3O.